The molecule has 10 heteroatoms. The number of halogens is 2. The molecule has 0 aliphatic heterocycles. The molecule has 0 radical (unpaired) electrons. The predicted molar refractivity (Wildman–Crippen MR) is 105 cm³/mol. The highest BCUT2D eigenvalue weighted by atomic mass is 32.2. The highest BCUT2D eigenvalue weighted by Gasteiger charge is 2.17. The molecule has 1 atom stereocenters. The maximum absolute atomic E-state index is 12.3. The second kappa shape index (κ2) is 10.1. The van der Waals surface area contributed by atoms with E-state index in [1.54, 1.807) is 24.3 Å². The number of alkyl halides is 2. The van der Waals surface area contributed by atoms with Crippen LogP contribution in [0.4, 0.5) is 19.6 Å². The van der Waals surface area contributed by atoms with Crippen LogP contribution in [0.5, 0.6) is 0 Å². The van der Waals surface area contributed by atoms with E-state index in [-0.39, 0.29) is 11.2 Å². The Labute approximate surface area is 163 Å². The Hall–Kier alpha value is -1.39. The van der Waals surface area contributed by atoms with Crippen molar-refractivity contribution in [3.8, 4) is 0 Å². The molecule has 142 valence electrons. The number of amides is 1. The Morgan fingerprint density at radius 3 is 2.46 bits per heavy atom. The van der Waals surface area contributed by atoms with Crippen LogP contribution < -0.4 is 10.6 Å². The van der Waals surface area contributed by atoms with Crippen molar-refractivity contribution < 1.29 is 13.6 Å². The molecule has 0 saturated carbocycles. The van der Waals surface area contributed by atoms with Crippen molar-refractivity contribution >= 4 is 51.6 Å². The maximum Gasteiger partial charge on any atom is 0.288 e. The quantitative estimate of drug-likeness (QED) is 0.568. The molecule has 0 aliphatic carbocycles. The highest BCUT2D eigenvalue weighted by Crippen LogP contribution is 2.31. The number of anilines is 2. The van der Waals surface area contributed by atoms with E-state index in [4.69, 9.17) is 0 Å². The van der Waals surface area contributed by atoms with Crippen molar-refractivity contribution in [2.45, 2.75) is 41.0 Å². The summed E-state index contributed by atoms with van der Waals surface area (Å²) in [5, 5.41) is 14.4. The van der Waals surface area contributed by atoms with Gasteiger partial charge in [0.15, 0.2) is 4.34 Å². The van der Waals surface area contributed by atoms with Crippen LogP contribution >= 0.6 is 34.9 Å². The number of thioether (sulfide) groups is 2. The van der Waals surface area contributed by atoms with Crippen molar-refractivity contribution in [1.82, 2.24) is 15.5 Å². The average Bonchev–Trinajstić information content (AvgIpc) is 3.00. The number of hydrogen-bond donors (Lipinski definition) is 2. The fraction of sp³-hybridized carbons (Fsp3) is 0.438. The first kappa shape index (κ1) is 20.9. The summed E-state index contributed by atoms with van der Waals surface area (Å²) in [5.74, 6) is -2.06. The molecule has 1 amide bonds. The zero-order valence-corrected chi connectivity index (χ0v) is 17.0. The van der Waals surface area contributed by atoms with Crippen LogP contribution in [0.15, 0.2) is 33.5 Å². The van der Waals surface area contributed by atoms with E-state index < -0.39 is 5.76 Å². The van der Waals surface area contributed by atoms with Gasteiger partial charge in [0.05, 0.1) is 5.25 Å². The molecule has 26 heavy (non-hydrogen) atoms. The minimum atomic E-state index is -2.43. The largest absolute Gasteiger partial charge is 0.355 e. The Morgan fingerprint density at radius 1 is 1.15 bits per heavy atom. The number of hydrogen-bond acceptors (Lipinski definition) is 7. The first-order valence-electron chi connectivity index (χ1n) is 7.93. The predicted octanol–water partition coefficient (Wildman–Crippen LogP) is 4.85. The molecule has 1 aromatic carbocycles. The van der Waals surface area contributed by atoms with Crippen molar-refractivity contribution in [2.75, 3.05) is 11.9 Å². The van der Waals surface area contributed by atoms with Gasteiger partial charge < -0.3 is 10.6 Å². The van der Waals surface area contributed by atoms with Gasteiger partial charge in [-0.3, -0.25) is 4.79 Å². The molecule has 0 aliphatic rings. The van der Waals surface area contributed by atoms with Crippen LogP contribution in [0, 0.1) is 5.92 Å². The second-order valence-electron chi connectivity index (χ2n) is 5.80. The minimum absolute atomic E-state index is 0.0273. The lowest BCUT2D eigenvalue weighted by atomic mass is 10.2. The summed E-state index contributed by atoms with van der Waals surface area (Å²) in [6.45, 7) is 6.56. The van der Waals surface area contributed by atoms with Gasteiger partial charge in [0.25, 0.3) is 5.76 Å². The number of nitrogens with zero attached hydrogens (tertiary/aromatic N) is 2. The van der Waals surface area contributed by atoms with Crippen LogP contribution in [0.2, 0.25) is 0 Å². The van der Waals surface area contributed by atoms with Gasteiger partial charge in [-0.05, 0) is 37.1 Å². The number of rotatable bonds is 9. The van der Waals surface area contributed by atoms with Gasteiger partial charge in [0, 0.05) is 17.1 Å². The summed E-state index contributed by atoms with van der Waals surface area (Å²) >= 11 is 3.19. The second-order valence-corrected chi connectivity index (χ2v) is 9.43. The van der Waals surface area contributed by atoms with Crippen molar-refractivity contribution in [3.05, 3.63) is 24.3 Å². The summed E-state index contributed by atoms with van der Waals surface area (Å²) in [7, 11) is 0. The van der Waals surface area contributed by atoms with Crippen LogP contribution in [0.3, 0.4) is 0 Å². The Kier molecular flexibility index (Phi) is 8.11. The molecule has 0 bridgehead atoms. The molecule has 1 heterocycles. The van der Waals surface area contributed by atoms with Crippen molar-refractivity contribution in [3.63, 3.8) is 0 Å². The maximum atomic E-state index is 12.3. The number of carbonyl (C=O) groups is 1. The summed E-state index contributed by atoms with van der Waals surface area (Å²) in [6, 6.07) is 6.66. The molecule has 5 nitrogen and oxygen atoms in total. The van der Waals surface area contributed by atoms with E-state index in [1.807, 2.05) is 20.8 Å². The summed E-state index contributed by atoms with van der Waals surface area (Å²) in [4.78, 5) is 12.5. The lowest BCUT2D eigenvalue weighted by Crippen LogP contribution is -2.33. The van der Waals surface area contributed by atoms with Crippen molar-refractivity contribution in [2.24, 2.45) is 5.92 Å². The lowest BCUT2D eigenvalue weighted by Gasteiger charge is -2.11. The number of aromatic nitrogens is 2. The first-order valence-corrected chi connectivity index (χ1v) is 10.5. The summed E-state index contributed by atoms with van der Waals surface area (Å²) < 4.78 is 25.3. The molecule has 1 aromatic heterocycles. The summed E-state index contributed by atoms with van der Waals surface area (Å²) in [6.07, 6.45) is 0. The SMILES string of the molecule is CC(C)CNC(=O)C(C)Sc1nnc(Nc2ccc(SC(F)F)cc2)s1. The molecule has 0 fully saturated rings. The summed E-state index contributed by atoms with van der Waals surface area (Å²) in [5.41, 5.74) is 0.735. The molecule has 2 rings (SSSR count). The highest BCUT2D eigenvalue weighted by molar-refractivity contribution is 8.02. The lowest BCUT2D eigenvalue weighted by molar-refractivity contribution is -0.120. The van der Waals surface area contributed by atoms with E-state index in [1.165, 1.54) is 23.1 Å². The normalized spacial score (nSPS) is 12.4. The third kappa shape index (κ3) is 7.08. The van der Waals surface area contributed by atoms with E-state index in [0.717, 1.165) is 5.69 Å². The van der Waals surface area contributed by atoms with Crippen molar-refractivity contribution in [1.29, 1.82) is 0 Å². The van der Waals surface area contributed by atoms with E-state index >= 15 is 0 Å². The topological polar surface area (TPSA) is 66.9 Å². The monoisotopic (exact) mass is 418 g/mol. The molecule has 0 saturated heterocycles. The Balaban J connectivity index is 1.88. The van der Waals surface area contributed by atoms with Crippen LogP contribution in [0.1, 0.15) is 20.8 Å². The zero-order chi connectivity index (χ0) is 19.1. The van der Waals surface area contributed by atoms with Crippen LogP contribution in [-0.4, -0.2) is 33.7 Å². The van der Waals surface area contributed by atoms with Gasteiger partial charge in [-0.2, -0.15) is 8.78 Å². The molecule has 2 N–H and O–H groups in total. The standard InChI is InChI=1S/C16H20F2N4OS3/c1-9(2)8-19-13(23)10(3)24-16-22-21-15(26-16)20-11-4-6-12(7-5-11)25-14(17)18/h4-7,9-10,14H,8H2,1-3H3,(H,19,23)(H,20,21). The van der Waals surface area contributed by atoms with Crippen LogP contribution in [-0.2, 0) is 4.79 Å². The molecular weight excluding hydrogens is 398 g/mol. The smallest absolute Gasteiger partial charge is 0.288 e. The van der Waals surface area contributed by atoms with E-state index in [9.17, 15) is 13.6 Å². The zero-order valence-electron chi connectivity index (χ0n) is 14.5. The van der Waals surface area contributed by atoms with E-state index in [0.29, 0.717) is 38.6 Å². The van der Waals surface area contributed by atoms with Gasteiger partial charge in [0.2, 0.25) is 11.0 Å². The minimum Gasteiger partial charge on any atom is -0.355 e. The fourth-order valence-corrected chi connectivity index (χ4v) is 4.24. The molecule has 1 unspecified atom stereocenters. The number of carbonyl (C=O) groups excluding carboxylic acids is 1. The van der Waals surface area contributed by atoms with Gasteiger partial charge in [-0.25, -0.2) is 0 Å². The molecule has 0 spiro atoms. The van der Waals surface area contributed by atoms with Gasteiger partial charge in [-0.15, -0.1) is 10.2 Å². The third-order valence-corrected chi connectivity index (χ3v) is 5.81. The van der Waals surface area contributed by atoms with Gasteiger partial charge in [0.1, 0.15) is 0 Å². The number of benzene rings is 1. The molecular formula is C16H20F2N4OS3. The van der Waals surface area contributed by atoms with Crippen LogP contribution in [0.25, 0.3) is 0 Å². The van der Waals surface area contributed by atoms with E-state index in [2.05, 4.69) is 20.8 Å². The Morgan fingerprint density at radius 2 is 1.85 bits per heavy atom. The van der Waals surface area contributed by atoms with Gasteiger partial charge >= 0.3 is 0 Å². The first-order chi connectivity index (χ1) is 12.3. The van der Waals surface area contributed by atoms with Gasteiger partial charge in [-0.1, -0.05) is 48.7 Å². The Bertz CT molecular complexity index is 710. The fourth-order valence-electron chi connectivity index (χ4n) is 1.80. The molecule has 2 aromatic rings. The number of nitrogens with one attached hydrogen (secondary N) is 2. The third-order valence-electron chi connectivity index (χ3n) is 3.07. The average molecular weight is 419 g/mol.